The van der Waals surface area contributed by atoms with Gasteiger partial charge in [-0.25, -0.2) is 31.4 Å². The number of halogens is 6. The zero-order valence-corrected chi connectivity index (χ0v) is 37.0. The van der Waals surface area contributed by atoms with Crippen LogP contribution in [0.4, 0.5) is 37.7 Å². The fourth-order valence-corrected chi connectivity index (χ4v) is 5.48. The lowest BCUT2D eigenvalue weighted by Gasteiger charge is -2.19. The van der Waals surface area contributed by atoms with Crippen molar-refractivity contribution in [3.8, 4) is 0 Å². The molecule has 7 rings (SSSR count). The van der Waals surface area contributed by atoms with E-state index in [4.69, 9.17) is 9.57 Å². The van der Waals surface area contributed by atoms with Gasteiger partial charge in [-0.3, -0.25) is 34.0 Å². The van der Waals surface area contributed by atoms with Crippen LogP contribution in [0.5, 0.6) is 0 Å². The van der Waals surface area contributed by atoms with E-state index in [0.29, 0.717) is 34.7 Å². The van der Waals surface area contributed by atoms with Crippen LogP contribution < -0.4 is 10.6 Å². The van der Waals surface area contributed by atoms with E-state index in [1.165, 1.54) is 43.2 Å². The Bertz CT molecular complexity index is 2670. The number of hydroxylamine groups is 2. The Morgan fingerprint density at radius 3 is 1.58 bits per heavy atom. The van der Waals surface area contributed by atoms with Crippen molar-refractivity contribution in [3.63, 3.8) is 0 Å². The van der Waals surface area contributed by atoms with Gasteiger partial charge in [-0.05, 0) is 61.4 Å². The van der Waals surface area contributed by atoms with Gasteiger partial charge in [-0.2, -0.15) is 0 Å². The second-order valence-electron chi connectivity index (χ2n) is 16.5. The maximum Gasteiger partial charge on any atom is 0.277 e. The molecule has 0 saturated carbocycles. The smallest absolute Gasteiger partial charge is 0.277 e. The summed E-state index contributed by atoms with van der Waals surface area (Å²) in [5, 5.41) is 7.13. The van der Waals surface area contributed by atoms with Crippen LogP contribution >= 0.6 is 0 Å². The summed E-state index contributed by atoms with van der Waals surface area (Å²) >= 11 is 0. The molecule has 1 aliphatic heterocycles. The molecule has 4 aromatic carbocycles. The summed E-state index contributed by atoms with van der Waals surface area (Å²) in [6.07, 6.45) is 5.85. The van der Waals surface area contributed by atoms with Gasteiger partial charge in [-0.1, -0.05) is 53.7 Å². The molecule has 1 fully saturated rings. The number of amides is 3. The Balaban J connectivity index is 0.000000213. The lowest BCUT2D eigenvalue weighted by atomic mass is 9.95. The third-order valence-corrected chi connectivity index (χ3v) is 9.35. The molecule has 0 atom stereocenters. The first-order valence-corrected chi connectivity index (χ1v) is 20.1. The van der Waals surface area contributed by atoms with Crippen molar-refractivity contribution in [1.82, 2.24) is 15.0 Å². The molecule has 11 nitrogen and oxygen atoms in total. The SMILES string of the molecule is C1CCOC1.CC(C)(C)C(=O)Nc1cc(F)c(F)c(C(=O)c2ccc3ncccc3c2)c1F.CC(C)(C)C(=O)Nc1cc(F)c(F)cc1F.CON(C)C(=O)c1ccc2ncccc2c1. The third-order valence-electron chi connectivity index (χ3n) is 9.35. The fraction of sp³-hybridized carbons (Fsp3) is 0.292. The highest BCUT2D eigenvalue weighted by Gasteiger charge is 2.29. The molecule has 0 bridgehead atoms. The summed E-state index contributed by atoms with van der Waals surface area (Å²) in [6, 6.07) is 18.3. The van der Waals surface area contributed by atoms with Gasteiger partial charge in [0.25, 0.3) is 5.91 Å². The molecule has 3 heterocycles. The van der Waals surface area contributed by atoms with E-state index in [1.54, 1.807) is 85.2 Å². The molecule has 1 aliphatic rings. The quantitative estimate of drug-likeness (QED) is 0.0729. The number of carbonyl (C=O) groups excluding carboxylic acids is 4. The molecule has 65 heavy (non-hydrogen) atoms. The van der Waals surface area contributed by atoms with E-state index in [2.05, 4.69) is 20.6 Å². The van der Waals surface area contributed by atoms with E-state index in [0.717, 1.165) is 24.1 Å². The first-order chi connectivity index (χ1) is 30.5. The van der Waals surface area contributed by atoms with Crippen LogP contribution in [0, 0.1) is 45.7 Å². The minimum atomic E-state index is -1.61. The Morgan fingerprint density at radius 1 is 0.615 bits per heavy atom. The number of benzene rings is 4. The van der Waals surface area contributed by atoms with Crippen molar-refractivity contribution in [3.05, 3.63) is 143 Å². The normalized spacial score (nSPS) is 12.2. The number of hydrogen-bond donors (Lipinski definition) is 2. The van der Waals surface area contributed by atoms with E-state index in [9.17, 15) is 45.5 Å². The minimum absolute atomic E-state index is 0.0306. The highest BCUT2D eigenvalue weighted by Crippen LogP contribution is 2.29. The number of pyridine rings is 2. The summed E-state index contributed by atoms with van der Waals surface area (Å²) in [5.74, 6) is -10.1. The highest BCUT2D eigenvalue weighted by atomic mass is 19.2. The van der Waals surface area contributed by atoms with Crippen LogP contribution in [0.1, 0.15) is 80.7 Å². The molecular weight excluding hydrogens is 857 g/mol. The first kappa shape index (κ1) is 50.9. The van der Waals surface area contributed by atoms with Gasteiger partial charge in [0.15, 0.2) is 34.9 Å². The molecule has 1 saturated heterocycles. The number of ketones is 1. The lowest BCUT2D eigenvalue weighted by molar-refractivity contribution is -0.123. The number of ether oxygens (including phenoxy) is 1. The van der Waals surface area contributed by atoms with Crippen molar-refractivity contribution >= 4 is 56.7 Å². The molecule has 0 spiro atoms. The molecule has 6 aromatic rings. The maximum atomic E-state index is 14.9. The molecule has 17 heteroatoms. The molecule has 2 N–H and O–H groups in total. The largest absolute Gasteiger partial charge is 0.381 e. The topological polar surface area (TPSA) is 140 Å². The number of carbonyl (C=O) groups is 4. The first-order valence-electron chi connectivity index (χ1n) is 20.1. The molecule has 3 amide bonds. The Kier molecular flexibility index (Phi) is 17.4. The van der Waals surface area contributed by atoms with E-state index in [-0.39, 0.29) is 17.2 Å². The predicted molar refractivity (Wildman–Crippen MR) is 235 cm³/mol. The van der Waals surface area contributed by atoms with Crippen LogP contribution in [0.15, 0.2) is 91.3 Å². The van der Waals surface area contributed by atoms with Crippen molar-refractivity contribution in [2.75, 3.05) is 38.0 Å². The highest BCUT2D eigenvalue weighted by molar-refractivity contribution is 6.11. The Hall–Kier alpha value is -6.72. The van der Waals surface area contributed by atoms with Crippen molar-refractivity contribution < 1.29 is 55.1 Å². The standard InChI is InChI=1S/C21H17F3N2O2.C12H12N2O2.C11H12F3NO.C4H8O/c1-21(2,3)20(28)26-15-10-13(22)17(23)16(18(15)24)19(27)12-6-7-14-11(9-12)5-4-8-25-14;1-14(16-2)12(15)10-5-6-11-9(8-10)4-3-7-13-11;1-11(2,3)10(16)15-9-5-7(13)6(12)4-8(9)14;1-2-4-5-3-1/h4-10H,1-3H3,(H,26,28);3-8H,1-2H3;4-5H,1-3H3,(H,15,16);1-4H2. The maximum absolute atomic E-state index is 14.9. The zero-order valence-electron chi connectivity index (χ0n) is 37.0. The van der Waals surface area contributed by atoms with Crippen molar-refractivity contribution in [2.45, 2.75) is 54.4 Å². The minimum Gasteiger partial charge on any atom is -0.381 e. The molecule has 0 unspecified atom stereocenters. The van der Waals surface area contributed by atoms with Crippen molar-refractivity contribution in [2.24, 2.45) is 10.8 Å². The third kappa shape index (κ3) is 13.9. The summed E-state index contributed by atoms with van der Waals surface area (Å²) < 4.78 is 86.7. The Morgan fingerprint density at radius 2 is 1.09 bits per heavy atom. The second-order valence-corrected chi connectivity index (χ2v) is 16.5. The number of nitrogens with one attached hydrogen (secondary N) is 2. The summed E-state index contributed by atoms with van der Waals surface area (Å²) in [5.41, 5.74) is -1.63. The number of aromatic nitrogens is 2. The molecule has 344 valence electrons. The number of rotatable bonds is 6. The van der Waals surface area contributed by atoms with Gasteiger partial charge in [0, 0.05) is 83.6 Å². The fourth-order valence-electron chi connectivity index (χ4n) is 5.48. The van der Waals surface area contributed by atoms with Gasteiger partial charge in [0.05, 0.1) is 35.1 Å². The van der Waals surface area contributed by atoms with Gasteiger partial charge in [0.2, 0.25) is 11.8 Å². The number of hydrogen-bond acceptors (Lipinski definition) is 8. The van der Waals surface area contributed by atoms with Crippen LogP contribution in [0.3, 0.4) is 0 Å². The average Bonchev–Trinajstić information content (AvgIpc) is 3.87. The van der Waals surface area contributed by atoms with E-state index < -0.39 is 74.6 Å². The van der Waals surface area contributed by atoms with Crippen molar-refractivity contribution in [1.29, 1.82) is 0 Å². The average molecular weight is 906 g/mol. The Labute approximate surface area is 372 Å². The van der Waals surface area contributed by atoms with Gasteiger partial charge < -0.3 is 15.4 Å². The van der Waals surface area contributed by atoms with Gasteiger partial charge in [0.1, 0.15) is 5.82 Å². The number of fused-ring (bicyclic) bond motifs is 2. The van der Waals surface area contributed by atoms with Crippen LogP contribution in [-0.2, 0) is 19.2 Å². The second kappa shape index (κ2) is 22.3. The molecular formula is C48H49F6N5O6. The monoisotopic (exact) mass is 905 g/mol. The summed E-state index contributed by atoms with van der Waals surface area (Å²) in [6.45, 7) is 11.6. The zero-order chi connectivity index (χ0) is 48.2. The molecule has 0 radical (unpaired) electrons. The van der Waals surface area contributed by atoms with Gasteiger partial charge in [-0.15, -0.1) is 0 Å². The number of nitrogens with zero attached hydrogens (tertiary/aromatic N) is 3. The summed E-state index contributed by atoms with van der Waals surface area (Å²) in [7, 11) is 3.04. The van der Waals surface area contributed by atoms with Gasteiger partial charge >= 0.3 is 0 Å². The predicted octanol–water partition coefficient (Wildman–Crippen LogP) is 10.6. The molecule has 2 aromatic heterocycles. The lowest BCUT2D eigenvalue weighted by Crippen LogP contribution is -2.28. The van der Waals surface area contributed by atoms with Crippen LogP contribution in [0.25, 0.3) is 21.8 Å². The van der Waals surface area contributed by atoms with Crippen LogP contribution in [0.2, 0.25) is 0 Å². The van der Waals surface area contributed by atoms with Crippen LogP contribution in [-0.4, -0.2) is 65.9 Å². The summed E-state index contributed by atoms with van der Waals surface area (Å²) in [4.78, 5) is 61.3. The van der Waals surface area contributed by atoms with E-state index >= 15 is 0 Å². The number of anilines is 2. The molecule has 0 aliphatic carbocycles. The van der Waals surface area contributed by atoms with E-state index in [1.807, 2.05) is 18.2 Å².